The van der Waals surface area contributed by atoms with E-state index in [1.165, 1.54) is 7.11 Å². The second-order valence-electron chi connectivity index (χ2n) is 5.47. The summed E-state index contributed by atoms with van der Waals surface area (Å²) >= 11 is 1.14. The first kappa shape index (κ1) is 19.6. The molecule has 3 rings (SSSR count). The molecule has 0 saturated heterocycles. The van der Waals surface area contributed by atoms with Gasteiger partial charge in [0.1, 0.15) is 17.2 Å². The van der Waals surface area contributed by atoms with Gasteiger partial charge in [0.05, 0.1) is 25.7 Å². The van der Waals surface area contributed by atoms with Crippen LogP contribution in [0, 0.1) is 0 Å². The predicted octanol–water partition coefficient (Wildman–Crippen LogP) is 3.40. The summed E-state index contributed by atoms with van der Waals surface area (Å²) in [5, 5.41) is 10.9. The first-order valence-electron chi connectivity index (χ1n) is 8.33. The number of aromatic nitrogens is 2. The lowest BCUT2D eigenvalue weighted by Crippen LogP contribution is -2.14. The van der Waals surface area contributed by atoms with Crippen molar-refractivity contribution in [3.05, 3.63) is 54.4 Å². The monoisotopic (exact) mass is 401 g/mol. The number of hydrogen-bond acceptors (Lipinski definition) is 8. The molecule has 0 aliphatic rings. The summed E-state index contributed by atoms with van der Waals surface area (Å²) in [6.07, 6.45) is 0. The number of anilines is 1. The number of methoxy groups -OCH3 is 2. The minimum Gasteiger partial charge on any atom is -0.497 e. The normalized spacial score (nSPS) is 10.4. The zero-order chi connectivity index (χ0) is 19.8. The molecule has 1 N–H and O–H groups in total. The van der Waals surface area contributed by atoms with E-state index in [1.807, 2.05) is 30.3 Å². The van der Waals surface area contributed by atoms with Crippen LogP contribution >= 0.6 is 11.8 Å². The van der Waals surface area contributed by atoms with Crippen molar-refractivity contribution in [2.45, 2.75) is 11.8 Å². The minimum absolute atomic E-state index is 0.107. The van der Waals surface area contributed by atoms with Crippen LogP contribution in [0.4, 0.5) is 5.69 Å². The molecule has 0 aliphatic carbocycles. The Morgan fingerprint density at radius 3 is 2.64 bits per heavy atom. The van der Waals surface area contributed by atoms with Crippen molar-refractivity contribution in [2.24, 2.45) is 0 Å². The van der Waals surface area contributed by atoms with E-state index in [9.17, 15) is 4.79 Å². The molecular weight excluding hydrogens is 382 g/mol. The number of rotatable bonds is 9. The van der Waals surface area contributed by atoms with Crippen LogP contribution in [-0.4, -0.2) is 36.1 Å². The van der Waals surface area contributed by atoms with E-state index in [0.717, 1.165) is 11.8 Å². The fourth-order valence-electron chi connectivity index (χ4n) is 2.23. The maximum Gasteiger partial charge on any atom is 0.277 e. The third-order valence-electron chi connectivity index (χ3n) is 3.56. The van der Waals surface area contributed by atoms with Gasteiger partial charge in [-0.1, -0.05) is 30.0 Å². The molecule has 0 spiro atoms. The van der Waals surface area contributed by atoms with Gasteiger partial charge in [-0.25, -0.2) is 0 Å². The van der Waals surface area contributed by atoms with Crippen molar-refractivity contribution in [2.75, 3.05) is 25.3 Å². The Hall–Kier alpha value is -3.20. The third kappa shape index (κ3) is 5.40. The van der Waals surface area contributed by atoms with Gasteiger partial charge >= 0.3 is 0 Å². The van der Waals surface area contributed by atoms with Crippen molar-refractivity contribution in [3.8, 4) is 17.2 Å². The lowest BCUT2D eigenvalue weighted by Gasteiger charge is -2.11. The van der Waals surface area contributed by atoms with E-state index in [4.69, 9.17) is 18.6 Å². The van der Waals surface area contributed by atoms with E-state index >= 15 is 0 Å². The number of carbonyl (C=O) groups excluding carboxylic acids is 1. The largest absolute Gasteiger partial charge is 0.497 e. The smallest absolute Gasteiger partial charge is 0.277 e. The van der Waals surface area contributed by atoms with Gasteiger partial charge in [0.15, 0.2) is 6.61 Å². The number of nitrogens with zero attached hydrogens (tertiary/aromatic N) is 2. The van der Waals surface area contributed by atoms with Gasteiger partial charge in [-0.3, -0.25) is 4.79 Å². The number of ether oxygens (including phenoxy) is 3. The Bertz CT molecular complexity index is 917. The van der Waals surface area contributed by atoms with Crippen LogP contribution in [0.1, 0.15) is 5.89 Å². The molecule has 2 aromatic carbocycles. The number of nitrogens with one attached hydrogen (secondary N) is 1. The molecule has 9 heteroatoms. The third-order valence-corrected chi connectivity index (χ3v) is 4.38. The maximum atomic E-state index is 12.2. The lowest BCUT2D eigenvalue weighted by molar-refractivity contribution is -0.113. The number of thioether (sulfide) groups is 1. The second-order valence-corrected chi connectivity index (χ2v) is 6.39. The first-order valence-corrected chi connectivity index (χ1v) is 9.31. The van der Waals surface area contributed by atoms with Crippen molar-refractivity contribution in [1.29, 1.82) is 0 Å². The van der Waals surface area contributed by atoms with Crippen LogP contribution in [0.25, 0.3) is 0 Å². The molecule has 146 valence electrons. The SMILES string of the molecule is COc1ccc(NC(=O)CSc2nnc(COc3ccccc3)o2)c(OC)c1. The standard InChI is InChI=1S/C19H19N3O5S/c1-24-14-8-9-15(16(10-14)25-2)20-17(23)12-28-19-22-21-18(27-19)11-26-13-6-4-3-5-7-13/h3-10H,11-12H2,1-2H3,(H,20,23). The van der Waals surface area contributed by atoms with E-state index in [1.54, 1.807) is 25.3 Å². The molecule has 8 nitrogen and oxygen atoms in total. The summed E-state index contributed by atoms with van der Waals surface area (Å²) in [6, 6.07) is 14.5. The number of para-hydroxylation sites is 1. The number of benzene rings is 2. The Morgan fingerprint density at radius 2 is 1.89 bits per heavy atom. The van der Waals surface area contributed by atoms with Gasteiger partial charge in [0, 0.05) is 6.07 Å². The summed E-state index contributed by atoms with van der Waals surface area (Å²) < 4.78 is 21.4. The fraction of sp³-hybridized carbons (Fsp3) is 0.211. The zero-order valence-corrected chi connectivity index (χ0v) is 16.2. The highest BCUT2D eigenvalue weighted by Gasteiger charge is 2.13. The Labute approximate surface area is 166 Å². The van der Waals surface area contributed by atoms with Gasteiger partial charge in [-0.15, -0.1) is 10.2 Å². The molecule has 1 heterocycles. The van der Waals surface area contributed by atoms with Crippen molar-refractivity contribution < 1.29 is 23.4 Å². The predicted molar refractivity (Wildman–Crippen MR) is 104 cm³/mol. The Kier molecular flexibility index (Phi) is 6.74. The van der Waals surface area contributed by atoms with Gasteiger partial charge in [-0.2, -0.15) is 0 Å². The molecule has 3 aromatic rings. The van der Waals surface area contributed by atoms with E-state index in [0.29, 0.717) is 34.0 Å². The first-order chi connectivity index (χ1) is 13.7. The highest BCUT2D eigenvalue weighted by atomic mass is 32.2. The topological polar surface area (TPSA) is 95.7 Å². The molecule has 0 radical (unpaired) electrons. The summed E-state index contributed by atoms with van der Waals surface area (Å²) in [4.78, 5) is 12.2. The van der Waals surface area contributed by atoms with E-state index in [-0.39, 0.29) is 18.3 Å². The Balaban J connectivity index is 1.49. The summed E-state index contributed by atoms with van der Waals surface area (Å²) in [5.74, 6) is 2.08. The summed E-state index contributed by atoms with van der Waals surface area (Å²) in [7, 11) is 3.09. The summed E-state index contributed by atoms with van der Waals surface area (Å²) in [5.41, 5.74) is 0.552. The quantitative estimate of drug-likeness (QED) is 0.545. The molecule has 0 fully saturated rings. The van der Waals surface area contributed by atoms with Crippen LogP contribution in [0.2, 0.25) is 0 Å². The Morgan fingerprint density at radius 1 is 1.07 bits per heavy atom. The van der Waals surface area contributed by atoms with Crippen LogP contribution in [-0.2, 0) is 11.4 Å². The maximum absolute atomic E-state index is 12.2. The van der Waals surface area contributed by atoms with E-state index in [2.05, 4.69) is 15.5 Å². The minimum atomic E-state index is -0.228. The highest BCUT2D eigenvalue weighted by molar-refractivity contribution is 7.99. The van der Waals surface area contributed by atoms with Gasteiger partial charge in [0.2, 0.25) is 5.91 Å². The molecule has 0 unspecified atom stereocenters. The molecule has 28 heavy (non-hydrogen) atoms. The van der Waals surface area contributed by atoms with Gasteiger partial charge in [0.25, 0.3) is 11.1 Å². The number of amides is 1. The molecule has 0 aliphatic heterocycles. The molecule has 1 aromatic heterocycles. The zero-order valence-electron chi connectivity index (χ0n) is 15.4. The average Bonchev–Trinajstić information content (AvgIpc) is 3.20. The van der Waals surface area contributed by atoms with Crippen LogP contribution in [0.15, 0.2) is 58.2 Å². The van der Waals surface area contributed by atoms with Gasteiger partial charge in [-0.05, 0) is 24.3 Å². The number of hydrogen-bond donors (Lipinski definition) is 1. The molecule has 1 amide bonds. The second kappa shape index (κ2) is 9.65. The molecule has 0 bridgehead atoms. The molecule has 0 saturated carbocycles. The molecular formula is C19H19N3O5S. The highest BCUT2D eigenvalue weighted by Crippen LogP contribution is 2.29. The van der Waals surface area contributed by atoms with Crippen LogP contribution in [0.3, 0.4) is 0 Å². The van der Waals surface area contributed by atoms with E-state index < -0.39 is 0 Å². The number of carbonyl (C=O) groups is 1. The van der Waals surface area contributed by atoms with Gasteiger partial charge < -0.3 is 23.9 Å². The van der Waals surface area contributed by atoms with Crippen molar-refractivity contribution >= 4 is 23.4 Å². The van der Waals surface area contributed by atoms with Crippen molar-refractivity contribution in [3.63, 3.8) is 0 Å². The molecule has 0 atom stereocenters. The average molecular weight is 401 g/mol. The van der Waals surface area contributed by atoms with Crippen molar-refractivity contribution in [1.82, 2.24) is 10.2 Å². The fourth-order valence-corrected chi connectivity index (χ4v) is 2.81. The van der Waals surface area contributed by atoms with Crippen LogP contribution < -0.4 is 19.5 Å². The lowest BCUT2D eigenvalue weighted by atomic mass is 10.2. The van der Waals surface area contributed by atoms with Crippen LogP contribution in [0.5, 0.6) is 17.2 Å². The summed E-state index contributed by atoms with van der Waals surface area (Å²) in [6.45, 7) is 0.160.